The van der Waals surface area contributed by atoms with E-state index < -0.39 is 11.2 Å². The molecule has 2 N–H and O–H groups in total. The minimum Gasteiger partial charge on any atom is -0.444 e. The lowest BCUT2D eigenvalue weighted by atomic mass is 9.97. The molecule has 2 saturated heterocycles. The van der Waals surface area contributed by atoms with E-state index in [0.29, 0.717) is 57.7 Å². The van der Waals surface area contributed by atoms with Gasteiger partial charge in [-0.2, -0.15) is 0 Å². The van der Waals surface area contributed by atoms with Crippen LogP contribution >= 0.6 is 24.0 Å². The highest BCUT2D eigenvalue weighted by Gasteiger charge is 2.28. The van der Waals surface area contributed by atoms with E-state index in [2.05, 4.69) is 4.99 Å². The minimum absolute atomic E-state index is 0. The Bertz CT molecular complexity index is 629. The number of likely N-dealkylation sites (tertiary alicyclic amines) is 1. The predicted octanol–water partition coefficient (Wildman–Crippen LogP) is 3.12. The fourth-order valence-corrected chi connectivity index (χ4v) is 3.39. The fourth-order valence-electron chi connectivity index (χ4n) is 3.39. The number of carbonyl (C=O) groups excluding carboxylic acids is 2. The van der Waals surface area contributed by atoms with Gasteiger partial charge in [-0.25, -0.2) is 9.59 Å². The van der Waals surface area contributed by atoms with Gasteiger partial charge in [0.25, 0.3) is 0 Å². The maximum Gasteiger partial charge on any atom is 0.410 e. The molecule has 31 heavy (non-hydrogen) atoms. The van der Waals surface area contributed by atoms with Crippen LogP contribution in [0.3, 0.4) is 0 Å². The molecule has 0 aliphatic carbocycles. The van der Waals surface area contributed by atoms with E-state index in [1.165, 1.54) is 0 Å². The molecule has 180 valence electrons. The number of guanidine groups is 1. The number of nitrogens with two attached hydrogens (primary N) is 1. The number of halogens is 1. The molecule has 2 amide bonds. The number of hydrogen-bond donors (Lipinski definition) is 1. The van der Waals surface area contributed by atoms with Crippen molar-refractivity contribution in [3.8, 4) is 0 Å². The Hall–Kier alpha value is -1.46. The second kappa shape index (κ2) is 11.4. The quantitative estimate of drug-likeness (QED) is 0.321. The molecule has 0 saturated carbocycles. The molecular weight excluding hydrogens is 513 g/mol. The molecule has 0 spiro atoms. The zero-order valence-electron chi connectivity index (χ0n) is 19.8. The van der Waals surface area contributed by atoms with Crippen molar-refractivity contribution in [2.24, 2.45) is 16.6 Å². The van der Waals surface area contributed by atoms with E-state index in [4.69, 9.17) is 15.2 Å². The van der Waals surface area contributed by atoms with E-state index >= 15 is 0 Å². The van der Waals surface area contributed by atoms with Crippen LogP contribution < -0.4 is 5.73 Å². The summed E-state index contributed by atoms with van der Waals surface area (Å²) in [5.74, 6) is 0.929. The molecule has 0 atom stereocenters. The Morgan fingerprint density at radius 3 is 1.61 bits per heavy atom. The van der Waals surface area contributed by atoms with Crippen LogP contribution in [0.15, 0.2) is 4.99 Å². The molecule has 9 nitrogen and oxygen atoms in total. The molecule has 2 aliphatic rings. The first kappa shape index (κ1) is 27.6. The number of piperazine rings is 1. The third kappa shape index (κ3) is 9.69. The highest BCUT2D eigenvalue weighted by atomic mass is 127. The van der Waals surface area contributed by atoms with Crippen molar-refractivity contribution in [1.82, 2.24) is 14.7 Å². The average molecular weight is 553 g/mol. The topological polar surface area (TPSA) is 101 Å². The lowest BCUT2D eigenvalue weighted by molar-refractivity contribution is 0.0180. The lowest BCUT2D eigenvalue weighted by Crippen LogP contribution is -2.53. The van der Waals surface area contributed by atoms with E-state index in [0.717, 1.165) is 12.8 Å². The molecule has 0 unspecified atom stereocenters. The Balaban J connectivity index is 0.00000480. The number of piperidine rings is 1. The van der Waals surface area contributed by atoms with Gasteiger partial charge in [-0.1, -0.05) is 0 Å². The highest BCUT2D eigenvalue weighted by Crippen LogP contribution is 2.20. The van der Waals surface area contributed by atoms with Crippen molar-refractivity contribution in [2.45, 2.75) is 65.6 Å². The van der Waals surface area contributed by atoms with E-state index in [-0.39, 0.29) is 36.2 Å². The minimum atomic E-state index is -0.492. The molecule has 10 heteroatoms. The molecule has 2 heterocycles. The zero-order chi connectivity index (χ0) is 22.5. The van der Waals surface area contributed by atoms with Crippen LogP contribution in [0, 0.1) is 5.92 Å². The number of aliphatic imine (C=N–C) groups is 1. The van der Waals surface area contributed by atoms with Crippen LogP contribution in [0.5, 0.6) is 0 Å². The molecule has 2 rings (SSSR count). The van der Waals surface area contributed by atoms with Crippen molar-refractivity contribution < 1.29 is 19.1 Å². The summed E-state index contributed by atoms with van der Waals surface area (Å²) >= 11 is 0. The van der Waals surface area contributed by atoms with Gasteiger partial charge in [0.1, 0.15) is 11.2 Å². The standard InChI is InChI=1S/C21H39N5O4.HI/c1-20(2,3)29-18(27)25-9-7-16(8-10-25)15-23-17(22)24-11-13-26(14-12-24)19(28)30-21(4,5)6;/h16H,7-15H2,1-6H3,(H2,22,23);1H. The molecular formula is C21H40IN5O4. The Morgan fingerprint density at radius 2 is 1.19 bits per heavy atom. The first-order valence-electron chi connectivity index (χ1n) is 10.8. The number of rotatable bonds is 2. The molecule has 0 aromatic carbocycles. The number of ether oxygens (including phenoxy) is 2. The van der Waals surface area contributed by atoms with Crippen LogP contribution in [0.1, 0.15) is 54.4 Å². The van der Waals surface area contributed by atoms with Gasteiger partial charge in [-0.05, 0) is 60.3 Å². The molecule has 2 fully saturated rings. The maximum absolute atomic E-state index is 12.2. The highest BCUT2D eigenvalue weighted by molar-refractivity contribution is 14.0. The van der Waals surface area contributed by atoms with Gasteiger partial charge < -0.3 is 29.9 Å². The lowest BCUT2D eigenvalue weighted by Gasteiger charge is -2.36. The second-order valence-electron chi connectivity index (χ2n) is 10.1. The summed E-state index contributed by atoms with van der Waals surface area (Å²) in [6, 6.07) is 0. The summed E-state index contributed by atoms with van der Waals surface area (Å²) in [6.07, 6.45) is 1.26. The van der Waals surface area contributed by atoms with Gasteiger partial charge in [0, 0.05) is 45.8 Å². The van der Waals surface area contributed by atoms with Crippen molar-refractivity contribution >= 4 is 42.1 Å². The summed E-state index contributed by atoms with van der Waals surface area (Å²) in [5, 5.41) is 0. The molecule has 0 radical (unpaired) electrons. The maximum atomic E-state index is 12.2. The fraction of sp³-hybridized carbons (Fsp3) is 0.857. The van der Waals surface area contributed by atoms with Gasteiger partial charge in [0.15, 0.2) is 5.96 Å². The first-order valence-corrected chi connectivity index (χ1v) is 10.8. The third-order valence-corrected chi connectivity index (χ3v) is 5.03. The van der Waals surface area contributed by atoms with Crippen molar-refractivity contribution in [3.05, 3.63) is 0 Å². The largest absolute Gasteiger partial charge is 0.444 e. The van der Waals surface area contributed by atoms with E-state index in [1.54, 1.807) is 9.80 Å². The van der Waals surface area contributed by atoms with Crippen LogP contribution in [0.2, 0.25) is 0 Å². The molecule has 0 aromatic heterocycles. The second-order valence-corrected chi connectivity index (χ2v) is 10.1. The average Bonchev–Trinajstić information content (AvgIpc) is 2.64. The van der Waals surface area contributed by atoms with Crippen molar-refractivity contribution in [3.63, 3.8) is 0 Å². The summed E-state index contributed by atoms with van der Waals surface area (Å²) < 4.78 is 10.9. The smallest absolute Gasteiger partial charge is 0.410 e. The van der Waals surface area contributed by atoms with Gasteiger partial charge in [0.05, 0.1) is 0 Å². The number of carbonyl (C=O) groups is 2. The summed E-state index contributed by atoms with van der Waals surface area (Å²) in [5.41, 5.74) is 5.23. The van der Waals surface area contributed by atoms with Gasteiger partial charge >= 0.3 is 12.2 Å². The Labute approximate surface area is 203 Å². The number of nitrogens with zero attached hydrogens (tertiary/aromatic N) is 4. The summed E-state index contributed by atoms with van der Waals surface area (Å²) in [4.78, 5) is 34.4. The number of hydrogen-bond acceptors (Lipinski definition) is 5. The van der Waals surface area contributed by atoms with Gasteiger partial charge in [-0.15, -0.1) is 24.0 Å². The van der Waals surface area contributed by atoms with Crippen LogP contribution in [-0.4, -0.2) is 89.9 Å². The third-order valence-electron chi connectivity index (χ3n) is 5.03. The van der Waals surface area contributed by atoms with Crippen LogP contribution in [0.4, 0.5) is 9.59 Å². The van der Waals surface area contributed by atoms with Crippen molar-refractivity contribution in [2.75, 3.05) is 45.8 Å². The van der Waals surface area contributed by atoms with Gasteiger partial charge in [-0.3, -0.25) is 4.99 Å². The molecule has 2 aliphatic heterocycles. The van der Waals surface area contributed by atoms with Gasteiger partial charge in [0.2, 0.25) is 0 Å². The summed E-state index contributed by atoms with van der Waals surface area (Å²) in [7, 11) is 0. The van der Waals surface area contributed by atoms with E-state index in [9.17, 15) is 9.59 Å². The molecule has 0 aromatic rings. The SMILES string of the molecule is CC(C)(C)OC(=O)N1CCC(CN=C(N)N2CCN(C(=O)OC(C)(C)C)CC2)CC1.I. The Morgan fingerprint density at radius 1 is 0.806 bits per heavy atom. The van der Waals surface area contributed by atoms with Crippen LogP contribution in [0.25, 0.3) is 0 Å². The first-order chi connectivity index (χ1) is 13.8. The monoisotopic (exact) mass is 553 g/mol. The van der Waals surface area contributed by atoms with Crippen molar-refractivity contribution in [1.29, 1.82) is 0 Å². The normalized spacial score (nSPS) is 19.0. The predicted molar refractivity (Wildman–Crippen MR) is 132 cm³/mol. The summed E-state index contributed by atoms with van der Waals surface area (Å²) in [6.45, 7) is 15.7. The van der Waals surface area contributed by atoms with Crippen LogP contribution in [-0.2, 0) is 9.47 Å². The Kier molecular flexibility index (Phi) is 10.2. The number of amides is 2. The van der Waals surface area contributed by atoms with E-state index in [1.807, 2.05) is 46.4 Å². The molecule has 0 bridgehead atoms. The zero-order valence-corrected chi connectivity index (χ0v) is 22.2.